The van der Waals surface area contributed by atoms with E-state index < -0.39 is 0 Å². The van der Waals surface area contributed by atoms with Crippen molar-refractivity contribution in [3.8, 4) is 44.0 Å². The van der Waals surface area contributed by atoms with Crippen LogP contribution in [0, 0.1) is 0 Å². The van der Waals surface area contributed by atoms with Crippen molar-refractivity contribution in [2.75, 3.05) is 14.2 Å². The molecule has 27 heavy (non-hydrogen) atoms. The molecule has 0 bridgehead atoms. The molecule has 1 heterocycles. The van der Waals surface area contributed by atoms with Crippen molar-refractivity contribution in [2.24, 2.45) is 0 Å². The van der Waals surface area contributed by atoms with Crippen LogP contribution in [0.3, 0.4) is 0 Å². The van der Waals surface area contributed by atoms with Crippen LogP contribution in [0.1, 0.15) is 0 Å². The van der Waals surface area contributed by atoms with E-state index in [1.165, 1.54) is 11.1 Å². The molecule has 0 saturated carbocycles. The zero-order chi connectivity index (χ0) is 18.6. The van der Waals surface area contributed by atoms with Crippen LogP contribution in [0.5, 0.6) is 11.5 Å². The number of nitrogens with zero attached hydrogens (tertiary/aromatic N) is 1. The average Bonchev–Trinajstić information content (AvgIpc) is 3.24. The molecule has 3 aromatic carbocycles. The van der Waals surface area contributed by atoms with Gasteiger partial charge in [0.15, 0.2) is 0 Å². The summed E-state index contributed by atoms with van der Waals surface area (Å²) in [6, 6.07) is 25.0. The third-order valence-corrected chi connectivity index (χ3v) is 6.29. The zero-order valence-corrected chi connectivity index (χ0v) is 16.9. The van der Waals surface area contributed by atoms with E-state index in [1.54, 1.807) is 14.2 Å². The van der Waals surface area contributed by atoms with Crippen molar-refractivity contribution in [2.45, 2.75) is 0 Å². The molecule has 0 aliphatic carbocycles. The van der Waals surface area contributed by atoms with E-state index in [4.69, 9.17) is 14.5 Å². The second-order valence-electron chi connectivity index (χ2n) is 6.05. The van der Waals surface area contributed by atoms with Gasteiger partial charge in [-0.1, -0.05) is 0 Å². The Hall–Kier alpha value is -2.81. The van der Waals surface area contributed by atoms with Gasteiger partial charge in [-0.2, -0.15) is 0 Å². The summed E-state index contributed by atoms with van der Waals surface area (Å²) in [7, 11) is 3.30. The van der Waals surface area contributed by atoms with Gasteiger partial charge in [-0.05, 0) is 0 Å². The Balaban J connectivity index is 1.61. The van der Waals surface area contributed by atoms with Gasteiger partial charge in [0.05, 0.1) is 0 Å². The van der Waals surface area contributed by atoms with Crippen LogP contribution < -0.4 is 9.47 Å². The molecule has 0 spiro atoms. The fourth-order valence-electron chi connectivity index (χ4n) is 2.97. The fourth-order valence-corrected chi connectivity index (χ4v) is 4.71. The van der Waals surface area contributed by atoms with E-state index in [1.807, 2.05) is 24.3 Å². The summed E-state index contributed by atoms with van der Waals surface area (Å²) >= 11 is 0.201. The van der Waals surface area contributed by atoms with E-state index in [2.05, 4.69) is 53.5 Å². The van der Waals surface area contributed by atoms with E-state index in [0.29, 0.717) is 0 Å². The molecule has 4 heteroatoms. The second kappa shape index (κ2) is 7.83. The molecule has 0 unspecified atom stereocenters. The van der Waals surface area contributed by atoms with E-state index in [-0.39, 0.29) is 14.5 Å². The molecule has 0 fully saturated rings. The molecule has 0 amide bonds. The number of aromatic nitrogens is 1. The van der Waals surface area contributed by atoms with Gasteiger partial charge in [-0.15, -0.1) is 0 Å². The van der Waals surface area contributed by atoms with E-state index >= 15 is 0 Å². The molecule has 0 saturated heterocycles. The topological polar surface area (TPSA) is 31.4 Å². The second-order valence-corrected chi connectivity index (χ2v) is 7.85. The Bertz CT molecular complexity index is 1040. The minimum absolute atomic E-state index is 0.201. The van der Waals surface area contributed by atoms with Gasteiger partial charge >= 0.3 is 165 Å². The van der Waals surface area contributed by atoms with Crippen molar-refractivity contribution in [3.05, 3.63) is 77.7 Å². The van der Waals surface area contributed by atoms with Crippen molar-refractivity contribution in [1.82, 2.24) is 4.98 Å². The van der Waals surface area contributed by atoms with E-state index in [0.717, 1.165) is 32.9 Å². The van der Waals surface area contributed by atoms with E-state index in [9.17, 15) is 0 Å². The molecule has 3 nitrogen and oxygen atoms in total. The van der Waals surface area contributed by atoms with Gasteiger partial charge in [0, 0.05) is 0 Å². The van der Waals surface area contributed by atoms with Crippen molar-refractivity contribution < 1.29 is 9.47 Å². The molecular formula is C23H19NO2Se. The number of methoxy groups -OCH3 is 2. The van der Waals surface area contributed by atoms with Crippen LogP contribution in [0.4, 0.5) is 0 Å². The van der Waals surface area contributed by atoms with Gasteiger partial charge in [-0.3, -0.25) is 0 Å². The summed E-state index contributed by atoms with van der Waals surface area (Å²) < 4.78 is 11.8. The zero-order valence-electron chi connectivity index (χ0n) is 15.2. The molecule has 0 aliphatic rings. The number of rotatable bonds is 5. The van der Waals surface area contributed by atoms with Crippen molar-refractivity contribution in [3.63, 3.8) is 0 Å². The Kier molecular flexibility index (Phi) is 5.10. The van der Waals surface area contributed by atoms with Gasteiger partial charge in [0.1, 0.15) is 0 Å². The Morgan fingerprint density at radius 2 is 1.30 bits per heavy atom. The van der Waals surface area contributed by atoms with Crippen LogP contribution in [-0.2, 0) is 0 Å². The van der Waals surface area contributed by atoms with Crippen molar-refractivity contribution >= 4 is 14.5 Å². The summed E-state index contributed by atoms with van der Waals surface area (Å²) in [4.78, 5) is 7.10. The Labute approximate surface area is 165 Å². The molecule has 4 rings (SSSR count). The van der Waals surface area contributed by atoms with Crippen LogP contribution in [0.15, 0.2) is 77.7 Å². The maximum atomic E-state index is 5.41. The summed E-state index contributed by atoms with van der Waals surface area (Å²) in [5.74, 6) is 1.46. The Morgan fingerprint density at radius 3 is 2.00 bits per heavy atom. The van der Waals surface area contributed by atoms with Gasteiger partial charge in [0.25, 0.3) is 0 Å². The van der Waals surface area contributed by atoms with Gasteiger partial charge in [-0.25, -0.2) is 0 Å². The summed E-state index contributed by atoms with van der Waals surface area (Å²) in [6.07, 6.45) is 0. The van der Waals surface area contributed by atoms with Crippen molar-refractivity contribution in [1.29, 1.82) is 0 Å². The van der Waals surface area contributed by atoms with Crippen LogP contribution >= 0.6 is 0 Å². The van der Waals surface area contributed by atoms with Gasteiger partial charge in [0.2, 0.25) is 0 Å². The SMILES string of the molecule is COc1ccc(-c2nc(-c3ccc(-c4ccccc4)cc3)c[se]2)cc1OC. The number of hydrogen-bond acceptors (Lipinski definition) is 3. The third-order valence-electron chi connectivity index (χ3n) is 4.42. The minimum atomic E-state index is 0.201. The van der Waals surface area contributed by atoms with Crippen LogP contribution in [-0.4, -0.2) is 33.7 Å². The first-order chi connectivity index (χ1) is 13.3. The first kappa shape index (κ1) is 17.6. The molecule has 1 aromatic heterocycles. The van der Waals surface area contributed by atoms with Gasteiger partial charge < -0.3 is 0 Å². The molecule has 0 N–H and O–H groups in total. The fraction of sp³-hybridized carbons (Fsp3) is 0.0870. The number of hydrogen-bond donors (Lipinski definition) is 0. The number of benzene rings is 3. The van der Waals surface area contributed by atoms with Crippen LogP contribution in [0.2, 0.25) is 0 Å². The molecular weight excluding hydrogens is 401 g/mol. The predicted molar refractivity (Wildman–Crippen MR) is 111 cm³/mol. The summed E-state index contributed by atoms with van der Waals surface area (Å²) in [5, 5.41) is 0. The summed E-state index contributed by atoms with van der Waals surface area (Å²) in [5.41, 5.74) is 5.71. The molecule has 0 radical (unpaired) electrons. The first-order valence-electron chi connectivity index (χ1n) is 8.62. The molecule has 134 valence electrons. The normalized spacial score (nSPS) is 10.6. The first-order valence-corrected chi connectivity index (χ1v) is 10.5. The summed E-state index contributed by atoms with van der Waals surface area (Å²) in [6.45, 7) is 0. The predicted octanol–water partition coefficient (Wildman–Crippen LogP) is 5.16. The maximum absolute atomic E-state index is 5.41. The number of ether oxygens (including phenoxy) is 2. The third kappa shape index (κ3) is 3.68. The molecule has 0 atom stereocenters. The molecule has 0 aliphatic heterocycles. The monoisotopic (exact) mass is 421 g/mol. The molecule has 4 aromatic rings. The quantitative estimate of drug-likeness (QED) is 0.418. The average molecular weight is 420 g/mol. The van der Waals surface area contributed by atoms with Crippen LogP contribution in [0.25, 0.3) is 32.5 Å². The Morgan fingerprint density at radius 1 is 0.667 bits per heavy atom. The standard InChI is InChI=1S/C23H19NO2Se/c1-25-21-13-12-19(14-22(21)26-2)23-24-20(15-27-23)18-10-8-17(9-11-18)16-6-4-3-5-7-16/h3-15H,1-2H3.